The van der Waals surface area contributed by atoms with Crippen molar-refractivity contribution in [2.45, 2.75) is 50.0 Å². The van der Waals surface area contributed by atoms with Gasteiger partial charge in [0.1, 0.15) is 11.8 Å². The number of aromatic hydroxyl groups is 1. The number of carbonyl (C=O) groups is 2. The molecule has 0 unspecified atom stereocenters. The number of nitrogens with one attached hydrogen (secondary N) is 1. The predicted molar refractivity (Wildman–Crippen MR) is 150 cm³/mol. The van der Waals surface area contributed by atoms with E-state index in [9.17, 15) is 24.9 Å². The van der Waals surface area contributed by atoms with E-state index in [-0.39, 0.29) is 31.1 Å². The summed E-state index contributed by atoms with van der Waals surface area (Å²) < 4.78 is 0. The number of aliphatic hydroxyl groups excluding tert-OH is 2. The van der Waals surface area contributed by atoms with Crippen LogP contribution < -0.4 is 16.8 Å². The molecule has 206 valence electrons. The fourth-order valence-electron chi connectivity index (χ4n) is 4.37. The van der Waals surface area contributed by atoms with Gasteiger partial charge in [0.25, 0.3) is 0 Å². The summed E-state index contributed by atoms with van der Waals surface area (Å²) in [5.41, 5.74) is 14.4. The molecule has 8 nitrogen and oxygen atoms in total. The molecule has 0 aliphatic heterocycles. The van der Waals surface area contributed by atoms with Gasteiger partial charge in [-0.05, 0) is 48.1 Å². The number of phenols is 1. The summed E-state index contributed by atoms with van der Waals surface area (Å²) in [7, 11) is 0. The van der Waals surface area contributed by atoms with Crippen molar-refractivity contribution in [3.05, 3.63) is 114 Å². The number of nitrogens with two attached hydrogens (primary N) is 2. The Hall–Kier alpha value is -3.98. The SMILES string of the molecule is NC(=O)[C@H](Cc1ccccc1)NC(=O)[C@H](Cc1ccccc1)[C@@H](O)/C=C/[C@@H](O)C[C@H](N)Cc1ccc(O)cc1. The second-order valence-electron chi connectivity index (χ2n) is 9.76. The molecule has 0 bridgehead atoms. The van der Waals surface area contributed by atoms with Crippen molar-refractivity contribution < 1.29 is 24.9 Å². The number of primary amides is 1. The summed E-state index contributed by atoms with van der Waals surface area (Å²) >= 11 is 0. The minimum Gasteiger partial charge on any atom is -0.508 e. The maximum atomic E-state index is 13.3. The van der Waals surface area contributed by atoms with Gasteiger partial charge < -0.3 is 32.1 Å². The number of hydrogen-bond donors (Lipinski definition) is 6. The zero-order valence-corrected chi connectivity index (χ0v) is 21.8. The summed E-state index contributed by atoms with van der Waals surface area (Å²) in [6, 6.07) is 23.8. The highest BCUT2D eigenvalue weighted by Gasteiger charge is 2.29. The molecule has 0 saturated carbocycles. The quantitative estimate of drug-likeness (QED) is 0.175. The van der Waals surface area contributed by atoms with Gasteiger partial charge in [0.2, 0.25) is 11.8 Å². The average molecular weight is 532 g/mol. The van der Waals surface area contributed by atoms with E-state index in [0.29, 0.717) is 6.42 Å². The van der Waals surface area contributed by atoms with Gasteiger partial charge in [0.05, 0.1) is 18.1 Å². The Bertz CT molecular complexity index is 1200. The normalized spacial score (nSPS) is 15.3. The Balaban J connectivity index is 1.67. The van der Waals surface area contributed by atoms with E-state index in [1.54, 1.807) is 24.3 Å². The van der Waals surface area contributed by atoms with Crippen LogP contribution in [0.15, 0.2) is 97.1 Å². The van der Waals surface area contributed by atoms with Crippen LogP contribution >= 0.6 is 0 Å². The van der Waals surface area contributed by atoms with Gasteiger partial charge in [-0.25, -0.2) is 0 Å². The van der Waals surface area contributed by atoms with E-state index in [1.807, 2.05) is 60.7 Å². The third-order valence-electron chi connectivity index (χ3n) is 6.50. The van der Waals surface area contributed by atoms with Crippen LogP contribution in [0.4, 0.5) is 0 Å². The fourth-order valence-corrected chi connectivity index (χ4v) is 4.37. The molecule has 3 aromatic carbocycles. The van der Waals surface area contributed by atoms with Gasteiger partial charge in [0.15, 0.2) is 0 Å². The van der Waals surface area contributed by atoms with Crippen molar-refractivity contribution in [2.75, 3.05) is 0 Å². The Labute approximate surface area is 229 Å². The highest BCUT2D eigenvalue weighted by atomic mass is 16.3. The number of amides is 2. The van der Waals surface area contributed by atoms with Gasteiger partial charge in [-0.2, -0.15) is 0 Å². The standard InChI is InChI=1S/C31H37N3O5/c32-24(17-23-11-13-25(35)14-12-23)20-26(36)15-16-29(37)27(18-21-7-3-1-4-8-21)31(39)34-28(30(33)38)19-22-9-5-2-6-10-22/h1-16,24,26-29,35-37H,17-20,32H2,(H2,33,38)(H,34,39)/b16-15+/t24-,26-,27-,28+,29+/m1/s1. The summed E-state index contributed by atoms with van der Waals surface area (Å²) in [5.74, 6) is -1.96. The lowest BCUT2D eigenvalue weighted by Crippen LogP contribution is -2.50. The first-order valence-corrected chi connectivity index (χ1v) is 13.0. The molecule has 0 spiro atoms. The Morgan fingerprint density at radius 3 is 1.87 bits per heavy atom. The van der Waals surface area contributed by atoms with Crippen LogP contribution in [0.25, 0.3) is 0 Å². The monoisotopic (exact) mass is 531 g/mol. The number of carbonyl (C=O) groups excluding carboxylic acids is 2. The first kappa shape index (κ1) is 29.6. The summed E-state index contributed by atoms with van der Waals surface area (Å²) in [6.07, 6.45) is 1.82. The largest absolute Gasteiger partial charge is 0.508 e. The van der Waals surface area contributed by atoms with Crippen molar-refractivity contribution in [1.82, 2.24) is 5.32 Å². The molecule has 2 amide bonds. The van der Waals surface area contributed by atoms with Crippen molar-refractivity contribution in [3.63, 3.8) is 0 Å². The molecule has 0 fully saturated rings. The zero-order valence-electron chi connectivity index (χ0n) is 21.8. The second-order valence-corrected chi connectivity index (χ2v) is 9.76. The topological polar surface area (TPSA) is 159 Å². The van der Waals surface area contributed by atoms with Crippen LogP contribution in [0.5, 0.6) is 5.75 Å². The van der Waals surface area contributed by atoms with Gasteiger partial charge in [-0.3, -0.25) is 9.59 Å². The maximum Gasteiger partial charge on any atom is 0.240 e. The molecule has 3 rings (SSSR count). The fraction of sp³-hybridized carbons (Fsp3) is 0.290. The second kappa shape index (κ2) is 14.8. The molecule has 0 aromatic heterocycles. The molecule has 5 atom stereocenters. The molecule has 8 N–H and O–H groups in total. The third-order valence-corrected chi connectivity index (χ3v) is 6.50. The minimum absolute atomic E-state index is 0.167. The van der Waals surface area contributed by atoms with E-state index >= 15 is 0 Å². The number of benzene rings is 3. The Kier molecular flexibility index (Phi) is 11.2. The lowest BCUT2D eigenvalue weighted by atomic mass is 9.91. The van der Waals surface area contributed by atoms with E-state index in [4.69, 9.17) is 11.5 Å². The molecule has 0 aliphatic carbocycles. The van der Waals surface area contributed by atoms with Gasteiger partial charge >= 0.3 is 0 Å². The molecule has 39 heavy (non-hydrogen) atoms. The van der Waals surface area contributed by atoms with Crippen molar-refractivity contribution in [2.24, 2.45) is 17.4 Å². The van der Waals surface area contributed by atoms with Crippen molar-refractivity contribution in [1.29, 1.82) is 0 Å². The van der Waals surface area contributed by atoms with E-state index in [1.165, 1.54) is 12.2 Å². The molecular formula is C31H37N3O5. The molecule has 0 radical (unpaired) electrons. The molecule has 0 saturated heterocycles. The van der Waals surface area contributed by atoms with Crippen LogP contribution in [0.3, 0.4) is 0 Å². The summed E-state index contributed by atoms with van der Waals surface area (Å²) in [5, 5.41) is 33.6. The molecule has 0 heterocycles. The maximum absolute atomic E-state index is 13.3. The number of phenolic OH excluding ortho intramolecular Hbond substituents is 1. The minimum atomic E-state index is -1.24. The van der Waals surface area contributed by atoms with Crippen molar-refractivity contribution >= 4 is 11.8 Å². The van der Waals surface area contributed by atoms with Gasteiger partial charge in [-0.1, -0.05) is 84.9 Å². The number of aliphatic hydroxyl groups is 2. The van der Waals surface area contributed by atoms with Gasteiger partial charge in [-0.15, -0.1) is 0 Å². The van der Waals surface area contributed by atoms with Crippen LogP contribution in [-0.4, -0.2) is 51.4 Å². The predicted octanol–water partition coefficient (Wildman–Crippen LogP) is 2.00. The highest BCUT2D eigenvalue weighted by Crippen LogP contribution is 2.17. The lowest BCUT2D eigenvalue weighted by molar-refractivity contribution is -0.131. The zero-order chi connectivity index (χ0) is 28.2. The van der Waals surface area contributed by atoms with Crippen LogP contribution in [0, 0.1) is 5.92 Å². The average Bonchev–Trinajstić information content (AvgIpc) is 2.92. The summed E-state index contributed by atoms with van der Waals surface area (Å²) in [6.45, 7) is 0. The van der Waals surface area contributed by atoms with Crippen molar-refractivity contribution in [3.8, 4) is 5.75 Å². The van der Waals surface area contributed by atoms with Crippen LogP contribution in [0.1, 0.15) is 23.1 Å². The molecule has 8 heteroatoms. The molecule has 3 aromatic rings. The van der Waals surface area contributed by atoms with Crippen LogP contribution in [0.2, 0.25) is 0 Å². The number of rotatable bonds is 14. The number of hydrogen-bond acceptors (Lipinski definition) is 6. The third kappa shape index (κ3) is 10.0. The van der Waals surface area contributed by atoms with E-state index in [2.05, 4.69) is 5.32 Å². The highest BCUT2D eigenvalue weighted by molar-refractivity contribution is 5.88. The van der Waals surface area contributed by atoms with E-state index < -0.39 is 36.0 Å². The first-order chi connectivity index (χ1) is 18.7. The van der Waals surface area contributed by atoms with E-state index in [0.717, 1.165) is 16.7 Å². The first-order valence-electron chi connectivity index (χ1n) is 13.0. The smallest absolute Gasteiger partial charge is 0.240 e. The van der Waals surface area contributed by atoms with Gasteiger partial charge in [0, 0.05) is 12.5 Å². The molecule has 0 aliphatic rings. The Morgan fingerprint density at radius 2 is 1.31 bits per heavy atom. The summed E-state index contributed by atoms with van der Waals surface area (Å²) in [4.78, 5) is 25.5. The Morgan fingerprint density at radius 1 is 0.769 bits per heavy atom. The lowest BCUT2D eigenvalue weighted by Gasteiger charge is -2.24. The molecular weight excluding hydrogens is 494 g/mol. The van der Waals surface area contributed by atoms with Crippen LogP contribution in [-0.2, 0) is 28.9 Å².